The van der Waals surface area contributed by atoms with Gasteiger partial charge in [0.05, 0.1) is 6.54 Å². The number of hydrogen-bond donors (Lipinski definition) is 2. The number of nitrogens with zero attached hydrogens (tertiary/aromatic N) is 4. The summed E-state index contributed by atoms with van der Waals surface area (Å²) in [4.78, 5) is 4.70. The summed E-state index contributed by atoms with van der Waals surface area (Å²) in [7, 11) is 0. The molecule has 0 saturated carbocycles. The van der Waals surface area contributed by atoms with Crippen LogP contribution in [0.15, 0.2) is 10.3 Å². The molecule has 0 atom stereocenters. The zero-order valence-corrected chi connectivity index (χ0v) is 10.6. The Morgan fingerprint density at radius 1 is 0.938 bits per heavy atom. The fourth-order valence-corrected chi connectivity index (χ4v) is 1.57. The number of nitrogens with two attached hydrogens (primary N) is 2. The lowest BCUT2D eigenvalue weighted by Gasteiger charge is -2.25. The van der Waals surface area contributed by atoms with Crippen molar-refractivity contribution in [2.75, 3.05) is 52.4 Å². The van der Waals surface area contributed by atoms with Gasteiger partial charge in [-0.25, -0.2) is 0 Å². The molecule has 0 saturated heterocycles. The predicted octanol–water partition coefficient (Wildman–Crippen LogP) is -0.0852. The van der Waals surface area contributed by atoms with Gasteiger partial charge in [-0.3, -0.25) is 0 Å². The number of rotatable bonds is 10. The first-order valence-corrected chi connectivity index (χ1v) is 5.99. The molecule has 0 spiro atoms. The minimum Gasteiger partial charge on any atom is -0.329 e. The van der Waals surface area contributed by atoms with E-state index in [2.05, 4.69) is 34.0 Å². The molecule has 0 fully saturated rings. The molecule has 0 aromatic heterocycles. The molecule has 0 rings (SSSR count). The number of likely N-dealkylation sites (N-methyl/N-ethyl adjacent to an activating group) is 2. The van der Waals surface area contributed by atoms with E-state index >= 15 is 0 Å². The van der Waals surface area contributed by atoms with Crippen molar-refractivity contribution in [3.8, 4) is 0 Å². The van der Waals surface area contributed by atoms with Crippen molar-refractivity contribution >= 4 is 0 Å². The SMILES string of the molecule is CCN(CCN)CCN(CC)CCN=NN. The lowest BCUT2D eigenvalue weighted by Crippen LogP contribution is -2.38. The quantitative estimate of drug-likeness (QED) is 0.312. The summed E-state index contributed by atoms with van der Waals surface area (Å²) < 4.78 is 0. The summed E-state index contributed by atoms with van der Waals surface area (Å²) in [5.74, 6) is 4.96. The van der Waals surface area contributed by atoms with Crippen LogP contribution >= 0.6 is 0 Å². The molecule has 16 heavy (non-hydrogen) atoms. The van der Waals surface area contributed by atoms with Gasteiger partial charge in [-0.1, -0.05) is 19.1 Å². The van der Waals surface area contributed by atoms with Crippen LogP contribution < -0.4 is 11.6 Å². The van der Waals surface area contributed by atoms with E-state index in [1.54, 1.807) is 0 Å². The average Bonchev–Trinajstić information content (AvgIpc) is 2.31. The van der Waals surface area contributed by atoms with Crippen LogP contribution in [0.5, 0.6) is 0 Å². The van der Waals surface area contributed by atoms with Gasteiger partial charge in [0.2, 0.25) is 0 Å². The zero-order valence-electron chi connectivity index (χ0n) is 10.6. The molecule has 0 heterocycles. The van der Waals surface area contributed by atoms with Crippen LogP contribution in [0.2, 0.25) is 0 Å². The van der Waals surface area contributed by atoms with E-state index in [4.69, 9.17) is 11.6 Å². The molecule has 0 aromatic rings. The van der Waals surface area contributed by atoms with E-state index in [0.717, 1.165) is 45.8 Å². The summed E-state index contributed by atoms with van der Waals surface area (Å²) >= 11 is 0. The van der Waals surface area contributed by atoms with Crippen molar-refractivity contribution in [2.24, 2.45) is 21.9 Å². The summed E-state index contributed by atoms with van der Waals surface area (Å²) in [6.07, 6.45) is 0. The van der Waals surface area contributed by atoms with Gasteiger partial charge in [0.1, 0.15) is 0 Å². The molecular formula is C10H26N6. The van der Waals surface area contributed by atoms with Crippen molar-refractivity contribution in [3.05, 3.63) is 0 Å². The molecule has 0 aliphatic rings. The molecule has 0 bridgehead atoms. The predicted molar refractivity (Wildman–Crippen MR) is 67.2 cm³/mol. The molecule has 96 valence electrons. The molecule has 4 N–H and O–H groups in total. The Morgan fingerprint density at radius 2 is 1.50 bits per heavy atom. The minimum absolute atomic E-state index is 0.674. The summed E-state index contributed by atoms with van der Waals surface area (Å²) in [6.45, 7) is 11.8. The third kappa shape index (κ3) is 7.56. The molecule has 0 aliphatic carbocycles. The molecule has 6 nitrogen and oxygen atoms in total. The van der Waals surface area contributed by atoms with E-state index in [1.165, 1.54) is 0 Å². The third-order valence-electron chi connectivity index (χ3n) is 2.67. The highest BCUT2D eigenvalue weighted by atomic mass is 15.3. The maximum atomic E-state index is 5.55. The van der Waals surface area contributed by atoms with E-state index in [0.29, 0.717) is 6.54 Å². The van der Waals surface area contributed by atoms with Gasteiger partial charge in [-0.05, 0) is 13.1 Å². The normalized spacial score (nSPS) is 12.1. The standard InChI is InChI=1S/C10H26N6/c1-3-15(7-5-11)9-10-16(4-2)8-6-13-14-12/h3-11H2,1-2H3,(H2,12,13). The molecule has 0 amide bonds. The minimum atomic E-state index is 0.674. The molecular weight excluding hydrogens is 204 g/mol. The molecule has 0 radical (unpaired) electrons. The third-order valence-corrected chi connectivity index (χ3v) is 2.67. The Kier molecular flexibility index (Phi) is 10.3. The van der Waals surface area contributed by atoms with Gasteiger partial charge in [0.15, 0.2) is 0 Å². The van der Waals surface area contributed by atoms with Crippen molar-refractivity contribution in [1.29, 1.82) is 0 Å². The topological polar surface area (TPSA) is 83.2 Å². The Bertz CT molecular complexity index is 173. The second kappa shape index (κ2) is 10.8. The molecule has 0 aromatic carbocycles. The van der Waals surface area contributed by atoms with Crippen LogP contribution in [0.3, 0.4) is 0 Å². The fraction of sp³-hybridized carbons (Fsp3) is 1.00. The lowest BCUT2D eigenvalue weighted by atomic mass is 10.4. The first-order valence-electron chi connectivity index (χ1n) is 5.99. The lowest BCUT2D eigenvalue weighted by molar-refractivity contribution is 0.221. The van der Waals surface area contributed by atoms with Gasteiger partial charge >= 0.3 is 0 Å². The van der Waals surface area contributed by atoms with Gasteiger partial charge in [0, 0.05) is 32.7 Å². The summed E-state index contributed by atoms with van der Waals surface area (Å²) in [6, 6.07) is 0. The van der Waals surface area contributed by atoms with Gasteiger partial charge in [-0.2, -0.15) is 5.11 Å². The van der Waals surface area contributed by atoms with Crippen molar-refractivity contribution in [2.45, 2.75) is 13.8 Å². The van der Waals surface area contributed by atoms with E-state index < -0.39 is 0 Å². The zero-order chi connectivity index (χ0) is 12.2. The molecule has 0 aliphatic heterocycles. The Labute approximate surface area is 98.6 Å². The van der Waals surface area contributed by atoms with Crippen molar-refractivity contribution in [3.63, 3.8) is 0 Å². The molecule has 0 unspecified atom stereocenters. The van der Waals surface area contributed by atoms with E-state index in [-0.39, 0.29) is 0 Å². The Balaban J connectivity index is 3.74. The molecule has 6 heteroatoms. The second-order valence-electron chi connectivity index (χ2n) is 3.64. The highest BCUT2D eigenvalue weighted by molar-refractivity contribution is 4.62. The maximum absolute atomic E-state index is 5.55. The monoisotopic (exact) mass is 230 g/mol. The van der Waals surface area contributed by atoms with Gasteiger partial charge in [-0.15, -0.1) is 0 Å². The first kappa shape index (κ1) is 15.3. The van der Waals surface area contributed by atoms with Crippen LogP contribution in [-0.2, 0) is 0 Å². The van der Waals surface area contributed by atoms with Crippen molar-refractivity contribution in [1.82, 2.24) is 9.80 Å². The van der Waals surface area contributed by atoms with Crippen LogP contribution in [0.1, 0.15) is 13.8 Å². The fourth-order valence-electron chi connectivity index (χ4n) is 1.57. The largest absolute Gasteiger partial charge is 0.329 e. The highest BCUT2D eigenvalue weighted by Gasteiger charge is 2.05. The smallest absolute Gasteiger partial charge is 0.0747 e. The van der Waals surface area contributed by atoms with Crippen molar-refractivity contribution < 1.29 is 0 Å². The second-order valence-corrected chi connectivity index (χ2v) is 3.64. The van der Waals surface area contributed by atoms with E-state index in [9.17, 15) is 0 Å². The van der Waals surface area contributed by atoms with Gasteiger partial charge in [0.25, 0.3) is 0 Å². The Morgan fingerprint density at radius 3 is 1.94 bits per heavy atom. The highest BCUT2D eigenvalue weighted by Crippen LogP contribution is 1.92. The van der Waals surface area contributed by atoms with Crippen LogP contribution in [0.4, 0.5) is 0 Å². The Hall–Kier alpha value is -0.720. The average molecular weight is 230 g/mol. The maximum Gasteiger partial charge on any atom is 0.0747 e. The van der Waals surface area contributed by atoms with Crippen LogP contribution in [0, 0.1) is 0 Å². The van der Waals surface area contributed by atoms with E-state index in [1.807, 2.05) is 0 Å². The summed E-state index contributed by atoms with van der Waals surface area (Å²) in [5, 5.41) is 7.02. The van der Waals surface area contributed by atoms with Crippen LogP contribution in [-0.4, -0.2) is 62.2 Å². The van der Waals surface area contributed by atoms with Gasteiger partial charge < -0.3 is 21.4 Å². The summed E-state index contributed by atoms with van der Waals surface area (Å²) in [5.41, 5.74) is 5.55. The number of hydrogen-bond acceptors (Lipinski definition) is 5. The van der Waals surface area contributed by atoms with Crippen LogP contribution in [0.25, 0.3) is 0 Å². The first-order chi connectivity index (χ1) is 7.78.